The molecule has 0 N–H and O–H groups in total. The number of hydrogen-bond donors (Lipinski definition) is 0. The Morgan fingerprint density at radius 1 is 1.28 bits per heavy atom. The van der Waals surface area contributed by atoms with Crippen LogP contribution in [0.1, 0.15) is 5.56 Å². The number of para-hydroxylation sites is 2. The second-order valence-corrected chi connectivity index (χ2v) is 7.45. The van der Waals surface area contributed by atoms with Crippen molar-refractivity contribution in [3.05, 3.63) is 61.9 Å². The lowest BCUT2D eigenvalue weighted by Gasteiger charge is -2.12. The van der Waals surface area contributed by atoms with Gasteiger partial charge in [0.2, 0.25) is 0 Å². The molecule has 0 saturated heterocycles. The minimum Gasteiger partial charge on any atom is -0.493 e. The van der Waals surface area contributed by atoms with Gasteiger partial charge in [-0.3, -0.25) is 4.79 Å². The van der Waals surface area contributed by atoms with Crippen LogP contribution in [0.5, 0.6) is 11.5 Å². The minimum atomic E-state index is -0.538. The molecule has 0 bridgehead atoms. The number of methoxy groups -OCH3 is 2. The van der Waals surface area contributed by atoms with Crippen LogP contribution in [0.4, 0.5) is 0 Å². The molecular formula is C20H15ClN2O5S. The molecular weight excluding hydrogens is 416 g/mol. The summed E-state index contributed by atoms with van der Waals surface area (Å²) in [6.45, 7) is -0.296. The number of hydrogen-bond acceptors (Lipinski definition) is 7. The highest BCUT2D eigenvalue weighted by molar-refractivity contribution is 7.15. The lowest BCUT2D eigenvalue weighted by molar-refractivity contribution is -0.142. The molecule has 9 heteroatoms. The largest absolute Gasteiger partial charge is 0.493 e. The van der Waals surface area contributed by atoms with Crippen molar-refractivity contribution in [2.24, 2.45) is 0 Å². The van der Waals surface area contributed by atoms with E-state index in [0.717, 1.165) is 11.0 Å². The first-order valence-corrected chi connectivity index (χ1v) is 9.70. The van der Waals surface area contributed by atoms with E-state index in [2.05, 4.69) is 9.72 Å². The third kappa shape index (κ3) is 3.52. The summed E-state index contributed by atoms with van der Waals surface area (Å²) >= 11 is 7.60. The molecule has 0 saturated carbocycles. The molecule has 0 unspecified atom stereocenters. The van der Waals surface area contributed by atoms with Gasteiger partial charge in [0, 0.05) is 0 Å². The maximum Gasteiger partial charge on any atom is 0.343 e. The Hall–Kier alpha value is -3.10. The quantitative estimate of drug-likeness (QED) is 0.453. The summed E-state index contributed by atoms with van der Waals surface area (Å²) in [5.74, 6) is 0.0295. The van der Waals surface area contributed by atoms with Crippen LogP contribution in [0.2, 0.25) is 5.02 Å². The Morgan fingerprint density at radius 2 is 2.07 bits per heavy atom. The first kappa shape index (κ1) is 19.2. The summed E-state index contributed by atoms with van der Waals surface area (Å²) in [6.07, 6.45) is 1.72. The minimum absolute atomic E-state index is 0.153. The summed E-state index contributed by atoms with van der Waals surface area (Å²) in [4.78, 5) is 29.3. The Bertz CT molecular complexity index is 1340. The van der Waals surface area contributed by atoms with Crippen molar-refractivity contribution in [1.29, 1.82) is 0 Å². The summed E-state index contributed by atoms with van der Waals surface area (Å²) in [5.41, 5.74) is 2.05. The number of fused-ring (bicyclic) bond motifs is 3. The van der Waals surface area contributed by atoms with E-state index in [1.165, 1.54) is 25.6 Å². The Labute approximate surface area is 173 Å². The molecule has 7 nitrogen and oxygen atoms in total. The van der Waals surface area contributed by atoms with Crippen molar-refractivity contribution >= 4 is 51.0 Å². The smallest absolute Gasteiger partial charge is 0.343 e. The van der Waals surface area contributed by atoms with Gasteiger partial charge in [0.05, 0.1) is 34.8 Å². The SMILES string of the molecule is COC(=O)COc1c(Cl)cc(C=c2sc3nc4ccccc4n3c2=O)cc1OC. The monoisotopic (exact) mass is 430 g/mol. The first-order chi connectivity index (χ1) is 14.0. The van der Waals surface area contributed by atoms with Gasteiger partial charge in [-0.05, 0) is 35.9 Å². The first-order valence-electron chi connectivity index (χ1n) is 8.50. The number of halogens is 1. The molecule has 0 aliphatic carbocycles. The molecule has 0 amide bonds. The van der Waals surface area contributed by atoms with Gasteiger partial charge < -0.3 is 14.2 Å². The van der Waals surface area contributed by atoms with Crippen LogP contribution >= 0.6 is 22.9 Å². The number of nitrogens with zero attached hydrogens (tertiary/aromatic N) is 2. The predicted octanol–water partition coefficient (Wildman–Crippen LogP) is 2.67. The Morgan fingerprint density at radius 3 is 2.83 bits per heavy atom. The molecule has 2 aromatic carbocycles. The number of rotatable bonds is 5. The van der Waals surface area contributed by atoms with Gasteiger partial charge in [-0.2, -0.15) is 0 Å². The van der Waals surface area contributed by atoms with Crippen LogP contribution in [0.15, 0.2) is 41.2 Å². The second kappa shape index (κ2) is 7.73. The van der Waals surface area contributed by atoms with Crippen molar-refractivity contribution in [3.63, 3.8) is 0 Å². The van der Waals surface area contributed by atoms with Crippen LogP contribution in [0, 0.1) is 0 Å². The lowest BCUT2D eigenvalue weighted by atomic mass is 10.2. The van der Waals surface area contributed by atoms with Crippen LogP contribution in [0.25, 0.3) is 22.1 Å². The van der Waals surface area contributed by atoms with E-state index in [4.69, 9.17) is 21.1 Å². The maximum atomic E-state index is 12.9. The Balaban J connectivity index is 1.78. The van der Waals surface area contributed by atoms with E-state index in [9.17, 15) is 9.59 Å². The standard InChI is InChI=1S/C20H15ClN2O5S/c1-26-15-8-11(7-12(21)18(15)28-10-17(24)27-2)9-16-19(25)23-14-6-4-3-5-13(14)22-20(23)29-16/h3-9H,10H2,1-2H3. The molecule has 2 heterocycles. The van der Waals surface area contributed by atoms with E-state index >= 15 is 0 Å². The van der Waals surface area contributed by atoms with Crippen molar-refractivity contribution in [2.45, 2.75) is 0 Å². The van der Waals surface area contributed by atoms with Gasteiger partial charge in [-0.1, -0.05) is 35.1 Å². The van der Waals surface area contributed by atoms with Crippen molar-refractivity contribution in [2.75, 3.05) is 20.8 Å². The van der Waals surface area contributed by atoms with Crippen LogP contribution in [-0.4, -0.2) is 36.2 Å². The van der Waals surface area contributed by atoms with Gasteiger partial charge in [0.15, 0.2) is 23.1 Å². The molecule has 0 radical (unpaired) electrons. The third-order valence-electron chi connectivity index (χ3n) is 4.26. The van der Waals surface area contributed by atoms with Crippen molar-refractivity contribution < 1.29 is 19.0 Å². The summed E-state index contributed by atoms with van der Waals surface area (Å²) in [6, 6.07) is 10.8. The van der Waals surface area contributed by atoms with Gasteiger partial charge in [0.1, 0.15) is 0 Å². The summed E-state index contributed by atoms with van der Waals surface area (Å²) in [7, 11) is 2.73. The number of benzene rings is 2. The Kier molecular flexibility index (Phi) is 5.12. The van der Waals surface area contributed by atoms with Crippen LogP contribution in [0.3, 0.4) is 0 Å². The summed E-state index contributed by atoms with van der Waals surface area (Å²) in [5, 5.41) is 0.249. The van der Waals surface area contributed by atoms with Gasteiger partial charge in [-0.15, -0.1) is 0 Å². The molecule has 148 valence electrons. The fraction of sp³-hybridized carbons (Fsp3) is 0.150. The van der Waals surface area contributed by atoms with Crippen molar-refractivity contribution in [3.8, 4) is 11.5 Å². The predicted molar refractivity (Wildman–Crippen MR) is 111 cm³/mol. The summed E-state index contributed by atoms with van der Waals surface area (Å²) < 4.78 is 17.4. The second-order valence-electron chi connectivity index (χ2n) is 6.03. The van der Waals surface area contributed by atoms with Gasteiger partial charge in [0.25, 0.3) is 5.56 Å². The average Bonchev–Trinajstić information content (AvgIpc) is 3.22. The highest BCUT2D eigenvalue weighted by Gasteiger charge is 2.15. The molecule has 2 aromatic heterocycles. The average molecular weight is 431 g/mol. The normalized spacial score (nSPS) is 11.9. The number of thiazole rings is 1. The number of carbonyl (C=O) groups excluding carboxylic acids is 1. The number of carbonyl (C=O) groups is 1. The highest BCUT2D eigenvalue weighted by atomic mass is 35.5. The van der Waals surface area contributed by atoms with Crippen LogP contribution < -0.4 is 19.6 Å². The molecule has 0 aliphatic rings. The fourth-order valence-electron chi connectivity index (χ4n) is 2.92. The van der Waals surface area contributed by atoms with E-state index in [-0.39, 0.29) is 22.9 Å². The molecule has 0 atom stereocenters. The van der Waals surface area contributed by atoms with E-state index < -0.39 is 5.97 Å². The molecule has 0 fully saturated rings. The van der Waals surface area contributed by atoms with Crippen LogP contribution in [-0.2, 0) is 9.53 Å². The number of esters is 1. The van der Waals surface area contributed by atoms with Crippen molar-refractivity contribution in [1.82, 2.24) is 9.38 Å². The highest BCUT2D eigenvalue weighted by Crippen LogP contribution is 2.36. The maximum absolute atomic E-state index is 12.9. The molecule has 0 spiro atoms. The lowest BCUT2D eigenvalue weighted by Crippen LogP contribution is -2.22. The molecule has 29 heavy (non-hydrogen) atoms. The molecule has 4 rings (SSSR count). The number of imidazole rings is 1. The number of aromatic nitrogens is 2. The zero-order valence-electron chi connectivity index (χ0n) is 15.5. The van der Waals surface area contributed by atoms with Gasteiger partial charge >= 0.3 is 5.97 Å². The molecule has 4 aromatic rings. The molecule has 0 aliphatic heterocycles. The van der Waals surface area contributed by atoms with E-state index in [0.29, 0.717) is 20.8 Å². The topological polar surface area (TPSA) is 79.1 Å². The zero-order chi connectivity index (χ0) is 20.5. The number of ether oxygens (including phenoxy) is 3. The van der Waals surface area contributed by atoms with E-state index in [1.807, 2.05) is 24.3 Å². The zero-order valence-corrected chi connectivity index (χ0v) is 17.0. The fourth-order valence-corrected chi connectivity index (χ4v) is 4.18. The van der Waals surface area contributed by atoms with Gasteiger partial charge in [-0.25, -0.2) is 14.2 Å². The third-order valence-corrected chi connectivity index (χ3v) is 5.51. The van der Waals surface area contributed by atoms with E-state index in [1.54, 1.807) is 22.6 Å².